The molecule has 0 amide bonds. The summed E-state index contributed by atoms with van der Waals surface area (Å²) in [6.07, 6.45) is 4.09. The minimum absolute atomic E-state index is 0.158. The second-order valence-corrected chi connectivity index (χ2v) is 6.49. The number of benzene rings is 1. The van der Waals surface area contributed by atoms with Gasteiger partial charge in [-0.05, 0) is 37.3 Å². The zero-order valence-corrected chi connectivity index (χ0v) is 11.5. The fraction of sp³-hybridized carbons (Fsp3) is 0.429. The number of nitrogens with one attached hydrogen (secondary N) is 1. The summed E-state index contributed by atoms with van der Waals surface area (Å²) in [6.45, 7) is 0. The van der Waals surface area contributed by atoms with E-state index in [-0.39, 0.29) is 12.1 Å². The Morgan fingerprint density at radius 2 is 1.95 bits per heavy atom. The van der Waals surface area contributed by atoms with Gasteiger partial charge < -0.3 is 5.11 Å². The summed E-state index contributed by atoms with van der Waals surface area (Å²) < 4.78 is 26.4. The van der Waals surface area contributed by atoms with Crippen LogP contribution in [0, 0.1) is 0 Å². The van der Waals surface area contributed by atoms with Crippen LogP contribution >= 0.6 is 0 Å². The number of aliphatic hydroxyl groups excluding tert-OH is 1. The molecule has 0 bridgehead atoms. The Bertz CT molecular complexity index is 525. The average Bonchev–Trinajstić information content (AvgIpc) is 2.37. The van der Waals surface area contributed by atoms with E-state index in [1.54, 1.807) is 6.08 Å². The fourth-order valence-corrected chi connectivity index (χ4v) is 3.37. The molecule has 2 N–H and O–H groups in total. The maximum Gasteiger partial charge on any atom is 0.233 e. The second-order valence-electron chi connectivity index (χ2n) is 4.89. The maximum absolute atomic E-state index is 11.9. The summed E-state index contributed by atoms with van der Waals surface area (Å²) in [7, 11) is -3.44. The molecule has 1 aliphatic rings. The minimum Gasteiger partial charge on any atom is -0.393 e. The van der Waals surface area contributed by atoms with Crippen LogP contribution in [0.3, 0.4) is 0 Å². The summed E-state index contributed by atoms with van der Waals surface area (Å²) >= 11 is 0. The first-order valence-electron chi connectivity index (χ1n) is 6.49. The first-order valence-corrected chi connectivity index (χ1v) is 8.03. The second kappa shape index (κ2) is 6.32. The molecule has 1 aromatic carbocycles. The van der Waals surface area contributed by atoms with Gasteiger partial charge in [-0.3, -0.25) is 0 Å². The number of hydrogen-bond donors (Lipinski definition) is 2. The zero-order chi connectivity index (χ0) is 13.7. The van der Waals surface area contributed by atoms with Crippen molar-refractivity contribution < 1.29 is 13.5 Å². The number of sulfonamides is 1. The van der Waals surface area contributed by atoms with Crippen LogP contribution < -0.4 is 4.72 Å². The quantitative estimate of drug-likeness (QED) is 0.885. The smallest absolute Gasteiger partial charge is 0.233 e. The third kappa shape index (κ3) is 4.78. The summed E-state index contributed by atoms with van der Waals surface area (Å²) in [6, 6.07) is 9.13. The Morgan fingerprint density at radius 1 is 1.21 bits per heavy atom. The van der Waals surface area contributed by atoms with Crippen LogP contribution in [-0.2, 0) is 10.0 Å². The average molecular weight is 281 g/mol. The molecule has 0 aromatic heterocycles. The molecule has 1 saturated carbocycles. The molecule has 1 aromatic rings. The van der Waals surface area contributed by atoms with Crippen molar-refractivity contribution in [3.05, 3.63) is 41.3 Å². The fourth-order valence-electron chi connectivity index (χ4n) is 2.27. The normalized spacial score (nSPS) is 24.7. The highest BCUT2D eigenvalue weighted by atomic mass is 32.2. The van der Waals surface area contributed by atoms with Crippen molar-refractivity contribution in [3.8, 4) is 0 Å². The van der Waals surface area contributed by atoms with Gasteiger partial charge in [0.1, 0.15) is 0 Å². The van der Waals surface area contributed by atoms with Gasteiger partial charge in [0.05, 0.1) is 6.10 Å². The first kappa shape index (κ1) is 14.2. The predicted octanol–water partition coefficient (Wildman–Crippen LogP) is 1.88. The molecule has 19 heavy (non-hydrogen) atoms. The Hall–Kier alpha value is -1.17. The third-order valence-corrected chi connectivity index (χ3v) is 4.37. The van der Waals surface area contributed by atoms with E-state index < -0.39 is 10.0 Å². The predicted molar refractivity (Wildman–Crippen MR) is 75.8 cm³/mol. The van der Waals surface area contributed by atoms with Crippen molar-refractivity contribution in [2.24, 2.45) is 0 Å². The van der Waals surface area contributed by atoms with Gasteiger partial charge in [0, 0.05) is 11.4 Å². The Balaban J connectivity index is 1.97. The first-order chi connectivity index (χ1) is 9.05. The van der Waals surface area contributed by atoms with Gasteiger partial charge in [0.25, 0.3) is 0 Å². The molecule has 0 heterocycles. The van der Waals surface area contributed by atoms with Crippen LogP contribution in [0.2, 0.25) is 0 Å². The summed E-state index contributed by atoms with van der Waals surface area (Å²) in [5.74, 6) is 0. The van der Waals surface area contributed by atoms with Gasteiger partial charge in [-0.25, -0.2) is 13.1 Å². The zero-order valence-electron chi connectivity index (χ0n) is 10.7. The van der Waals surface area contributed by atoms with Gasteiger partial charge in [0.2, 0.25) is 10.0 Å². The molecule has 0 unspecified atom stereocenters. The molecular weight excluding hydrogens is 262 g/mol. The van der Waals surface area contributed by atoms with Crippen molar-refractivity contribution >= 4 is 16.1 Å². The SMILES string of the molecule is O=S(=O)(/C=C/c1ccccc1)N[C@@H]1CCC[C@@H](O)C1. The van der Waals surface area contributed by atoms with Gasteiger partial charge in [0.15, 0.2) is 0 Å². The Kier molecular flexibility index (Phi) is 4.74. The molecule has 0 spiro atoms. The van der Waals surface area contributed by atoms with Gasteiger partial charge in [-0.2, -0.15) is 0 Å². The highest BCUT2D eigenvalue weighted by molar-refractivity contribution is 7.92. The molecule has 2 rings (SSSR count). The van der Waals surface area contributed by atoms with E-state index in [0.29, 0.717) is 6.42 Å². The lowest BCUT2D eigenvalue weighted by Gasteiger charge is -2.25. The highest BCUT2D eigenvalue weighted by Crippen LogP contribution is 2.19. The van der Waals surface area contributed by atoms with Crippen LogP contribution in [0.25, 0.3) is 6.08 Å². The number of aliphatic hydroxyl groups is 1. The maximum atomic E-state index is 11.9. The summed E-state index contributed by atoms with van der Waals surface area (Å²) in [4.78, 5) is 0. The van der Waals surface area contributed by atoms with Crippen LogP contribution in [0.5, 0.6) is 0 Å². The standard InChI is InChI=1S/C14H19NO3S/c16-14-8-4-7-13(11-14)15-19(17,18)10-9-12-5-2-1-3-6-12/h1-3,5-6,9-10,13-16H,4,7-8,11H2/b10-9+/t13-,14-/m1/s1. The van der Waals surface area contributed by atoms with E-state index in [0.717, 1.165) is 24.8 Å². The van der Waals surface area contributed by atoms with Crippen molar-refractivity contribution in [2.75, 3.05) is 0 Å². The topological polar surface area (TPSA) is 66.4 Å². The van der Waals surface area contributed by atoms with Crippen LogP contribution in [0.4, 0.5) is 0 Å². The molecule has 4 nitrogen and oxygen atoms in total. The molecule has 104 valence electrons. The van der Waals surface area contributed by atoms with Gasteiger partial charge in [-0.1, -0.05) is 30.3 Å². The lowest BCUT2D eigenvalue weighted by atomic mass is 9.94. The van der Waals surface area contributed by atoms with Crippen LogP contribution in [0.15, 0.2) is 35.7 Å². The van der Waals surface area contributed by atoms with Gasteiger partial charge >= 0.3 is 0 Å². The van der Waals surface area contributed by atoms with E-state index in [2.05, 4.69) is 4.72 Å². The number of hydrogen-bond acceptors (Lipinski definition) is 3. The van der Waals surface area contributed by atoms with Crippen molar-refractivity contribution in [1.29, 1.82) is 0 Å². The van der Waals surface area contributed by atoms with Crippen LogP contribution in [0.1, 0.15) is 31.2 Å². The summed E-state index contributed by atoms with van der Waals surface area (Å²) in [5, 5.41) is 10.7. The molecule has 1 aliphatic carbocycles. The van der Waals surface area contributed by atoms with E-state index >= 15 is 0 Å². The molecule has 0 aliphatic heterocycles. The molecule has 5 heteroatoms. The Labute approximate surface area is 114 Å². The van der Waals surface area contributed by atoms with Gasteiger partial charge in [-0.15, -0.1) is 0 Å². The lowest BCUT2D eigenvalue weighted by molar-refractivity contribution is 0.117. The Morgan fingerprint density at radius 3 is 2.63 bits per heavy atom. The van der Waals surface area contributed by atoms with E-state index in [1.807, 2.05) is 30.3 Å². The highest BCUT2D eigenvalue weighted by Gasteiger charge is 2.23. The lowest BCUT2D eigenvalue weighted by Crippen LogP contribution is -2.38. The number of rotatable bonds is 4. The molecule has 0 radical (unpaired) electrons. The van der Waals surface area contributed by atoms with Crippen molar-refractivity contribution in [3.63, 3.8) is 0 Å². The van der Waals surface area contributed by atoms with E-state index in [1.165, 1.54) is 5.41 Å². The molecule has 0 saturated heterocycles. The summed E-state index contributed by atoms with van der Waals surface area (Å²) in [5.41, 5.74) is 0.844. The third-order valence-electron chi connectivity index (χ3n) is 3.22. The van der Waals surface area contributed by atoms with Crippen molar-refractivity contribution in [1.82, 2.24) is 4.72 Å². The van der Waals surface area contributed by atoms with Crippen LogP contribution in [-0.4, -0.2) is 25.7 Å². The minimum atomic E-state index is -3.44. The largest absolute Gasteiger partial charge is 0.393 e. The molecule has 1 fully saturated rings. The van der Waals surface area contributed by atoms with E-state index in [9.17, 15) is 13.5 Å². The molecule has 2 atom stereocenters. The van der Waals surface area contributed by atoms with E-state index in [4.69, 9.17) is 0 Å². The molecular formula is C14H19NO3S. The monoisotopic (exact) mass is 281 g/mol. The van der Waals surface area contributed by atoms with Crippen molar-refractivity contribution in [2.45, 2.75) is 37.8 Å².